The molecule has 0 saturated carbocycles. The second-order valence-corrected chi connectivity index (χ2v) is 2.88. The van der Waals surface area contributed by atoms with E-state index >= 15 is 0 Å². The maximum absolute atomic E-state index is 11.1. The third kappa shape index (κ3) is 3.01. The van der Waals surface area contributed by atoms with Gasteiger partial charge in [-0.1, -0.05) is 6.07 Å². The van der Waals surface area contributed by atoms with E-state index < -0.39 is 0 Å². The minimum atomic E-state index is 0. The molecule has 4 heteroatoms. The molecular weight excluding hydrogens is 182 g/mol. The summed E-state index contributed by atoms with van der Waals surface area (Å²) < 4.78 is 0. The molecule has 1 rings (SSSR count). The van der Waals surface area contributed by atoms with Gasteiger partial charge in [0.15, 0.2) is 5.78 Å². The maximum Gasteiger partial charge on any atom is 0.186 e. The zero-order valence-corrected chi connectivity index (χ0v) is 7.80. The van der Waals surface area contributed by atoms with Gasteiger partial charge in [-0.15, -0.1) is 23.7 Å². The van der Waals surface area contributed by atoms with Gasteiger partial charge >= 0.3 is 0 Å². The van der Waals surface area contributed by atoms with Crippen LogP contribution in [0, 0.1) is 0 Å². The van der Waals surface area contributed by atoms with Crippen molar-refractivity contribution in [2.45, 2.75) is 0 Å². The molecular formula is C7H10ClNOS. The van der Waals surface area contributed by atoms with Gasteiger partial charge in [-0.05, 0) is 18.5 Å². The van der Waals surface area contributed by atoms with E-state index in [1.54, 1.807) is 7.05 Å². The molecule has 0 spiro atoms. The van der Waals surface area contributed by atoms with Crippen LogP contribution in [0.4, 0.5) is 0 Å². The Hall–Kier alpha value is -0.380. The van der Waals surface area contributed by atoms with Crippen molar-refractivity contribution in [3.05, 3.63) is 22.4 Å². The van der Waals surface area contributed by atoms with E-state index in [1.165, 1.54) is 11.3 Å². The van der Waals surface area contributed by atoms with Gasteiger partial charge in [0.1, 0.15) is 0 Å². The van der Waals surface area contributed by atoms with Crippen molar-refractivity contribution >= 4 is 29.5 Å². The predicted octanol–water partition coefficient (Wildman–Crippen LogP) is 1.57. The van der Waals surface area contributed by atoms with Gasteiger partial charge in [-0.2, -0.15) is 0 Å². The highest BCUT2D eigenvalue weighted by atomic mass is 35.5. The number of hydrogen-bond acceptors (Lipinski definition) is 3. The molecule has 1 heterocycles. The first kappa shape index (κ1) is 10.6. The molecule has 0 fully saturated rings. The molecule has 11 heavy (non-hydrogen) atoms. The Labute approximate surface area is 76.0 Å². The summed E-state index contributed by atoms with van der Waals surface area (Å²) >= 11 is 1.48. The smallest absolute Gasteiger partial charge is 0.186 e. The van der Waals surface area contributed by atoms with Crippen LogP contribution < -0.4 is 5.32 Å². The minimum absolute atomic E-state index is 0. The number of likely N-dealkylation sites (N-methyl/N-ethyl adjacent to an activating group) is 1. The molecule has 0 atom stereocenters. The fourth-order valence-corrected chi connectivity index (χ4v) is 1.35. The van der Waals surface area contributed by atoms with Crippen LogP contribution in [0.5, 0.6) is 0 Å². The lowest BCUT2D eigenvalue weighted by Crippen LogP contribution is -2.17. The first-order valence-corrected chi connectivity index (χ1v) is 3.94. The Bertz CT molecular complexity index is 210. The minimum Gasteiger partial charge on any atom is -0.313 e. The zero-order chi connectivity index (χ0) is 7.40. The quantitative estimate of drug-likeness (QED) is 0.735. The first-order valence-electron chi connectivity index (χ1n) is 3.06. The number of hydrogen-bond donors (Lipinski definition) is 1. The topological polar surface area (TPSA) is 29.1 Å². The second-order valence-electron chi connectivity index (χ2n) is 1.93. The Morgan fingerprint density at radius 3 is 2.91 bits per heavy atom. The molecule has 1 aromatic rings. The molecule has 0 radical (unpaired) electrons. The summed E-state index contributed by atoms with van der Waals surface area (Å²) in [4.78, 5) is 11.9. The van der Waals surface area contributed by atoms with E-state index in [2.05, 4.69) is 5.32 Å². The van der Waals surface area contributed by atoms with Crippen LogP contribution in [0.1, 0.15) is 9.67 Å². The molecule has 0 saturated heterocycles. The number of halogens is 1. The molecule has 0 aliphatic heterocycles. The highest BCUT2D eigenvalue weighted by Gasteiger charge is 2.02. The monoisotopic (exact) mass is 191 g/mol. The van der Waals surface area contributed by atoms with E-state index in [4.69, 9.17) is 0 Å². The average molecular weight is 192 g/mol. The summed E-state index contributed by atoms with van der Waals surface area (Å²) in [5.41, 5.74) is 0. The van der Waals surface area contributed by atoms with Crippen molar-refractivity contribution in [1.29, 1.82) is 0 Å². The van der Waals surface area contributed by atoms with E-state index in [-0.39, 0.29) is 18.2 Å². The Kier molecular flexibility index (Phi) is 5.11. The predicted molar refractivity (Wildman–Crippen MR) is 49.8 cm³/mol. The van der Waals surface area contributed by atoms with Crippen LogP contribution in [0.25, 0.3) is 0 Å². The Morgan fingerprint density at radius 2 is 2.45 bits per heavy atom. The van der Waals surface area contributed by atoms with Crippen LogP contribution in [0.3, 0.4) is 0 Å². The molecule has 0 aliphatic carbocycles. The molecule has 1 aromatic heterocycles. The maximum atomic E-state index is 11.1. The summed E-state index contributed by atoms with van der Waals surface area (Å²) in [5.74, 6) is 0.164. The van der Waals surface area contributed by atoms with Crippen molar-refractivity contribution in [2.24, 2.45) is 0 Å². The number of carbonyl (C=O) groups excluding carboxylic acids is 1. The highest BCUT2D eigenvalue weighted by molar-refractivity contribution is 7.12. The van der Waals surface area contributed by atoms with E-state index in [1.807, 2.05) is 17.5 Å². The number of nitrogens with one attached hydrogen (secondary N) is 1. The van der Waals surface area contributed by atoms with Crippen LogP contribution >= 0.6 is 23.7 Å². The SMILES string of the molecule is CNCC(=O)c1cccs1.Cl. The van der Waals surface area contributed by atoms with Gasteiger partial charge in [0.05, 0.1) is 11.4 Å². The second kappa shape index (κ2) is 5.29. The largest absolute Gasteiger partial charge is 0.313 e. The Balaban J connectivity index is 0.000001000. The normalized spacial score (nSPS) is 8.82. The van der Waals surface area contributed by atoms with Crippen LogP contribution in [-0.4, -0.2) is 19.4 Å². The lowest BCUT2D eigenvalue weighted by atomic mass is 10.3. The lowest BCUT2D eigenvalue weighted by Gasteiger charge is -1.92. The number of rotatable bonds is 3. The summed E-state index contributed by atoms with van der Waals surface area (Å²) in [7, 11) is 1.77. The molecule has 2 nitrogen and oxygen atoms in total. The summed E-state index contributed by atoms with van der Waals surface area (Å²) in [6.07, 6.45) is 0. The molecule has 0 aromatic carbocycles. The Morgan fingerprint density at radius 1 is 1.73 bits per heavy atom. The van der Waals surface area contributed by atoms with Gasteiger partial charge in [0, 0.05) is 0 Å². The molecule has 0 aliphatic rings. The summed E-state index contributed by atoms with van der Waals surface area (Å²) in [5, 5.41) is 4.72. The van der Waals surface area contributed by atoms with Gasteiger partial charge in [0.2, 0.25) is 0 Å². The van der Waals surface area contributed by atoms with Gasteiger partial charge in [-0.3, -0.25) is 4.79 Å². The van der Waals surface area contributed by atoms with Crippen molar-refractivity contribution in [3.63, 3.8) is 0 Å². The molecule has 0 bridgehead atoms. The standard InChI is InChI=1S/C7H9NOS.ClH/c1-8-5-6(9)7-3-2-4-10-7;/h2-4,8H,5H2,1H3;1H. The zero-order valence-electron chi connectivity index (χ0n) is 6.16. The third-order valence-corrected chi connectivity index (χ3v) is 2.04. The number of ketones is 1. The first-order chi connectivity index (χ1) is 4.84. The van der Waals surface area contributed by atoms with E-state index in [0.717, 1.165) is 4.88 Å². The van der Waals surface area contributed by atoms with Crippen molar-refractivity contribution in [1.82, 2.24) is 5.32 Å². The molecule has 0 amide bonds. The molecule has 62 valence electrons. The lowest BCUT2D eigenvalue weighted by molar-refractivity contribution is 0.0997. The van der Waals surface area contributed by atoms with Crippen LogP contribution in [-0.2, 0) is 0 Å². The van der Waals surface area contributed by atoms with Gasteiger partial charge in [0.25, 0.3) is 0 Å². The van der Waals surface area contributed by atoms with Crippen LogP contribution in [0.15, 0.2) is 17.5 Å². The van der Waals surface area contributed by atoms with Crippen molar-refractivity contribution < 1.29 is 4.79 Å². The van der Waals surface area contributed by atoms with E-state index in [0.29, 0.717) is 6.54 Å². The third-order valence-electron chi connectivity index (χ3n) is 1.13. The summed E-state index contributed by atoms with van der Waals surface area (Å²) in [6, 6.07) is 3.72. The van der Waals surface area contributed by atoms with Crippen LogP contribution in [0.2, 0.25) is 0 Å². The molecule has 1 N–H and O–H groups in total. The summed E-state index contributed by atoms with van der Waals surface area (Å²) in [6.45, 7) is 0.431. The molecule has 0 unspecified atom stereocenters. The van der Waals surface area contributed by atoms with Crippen molar-refractivity contribution in [2.75, 3.05) is 13.6 Å². The number of carbonyl (C=O) groups is 1. The van der Waals surface area contributed by atoms with E-state index in [9.17, 15) is 4.79 Å². The highest BCUT2D eigenvalue weighted by Crippen LogP contribution is 2.07. The number of thiophene rings is 1. The van der Waals surface area contributed by atoms with Gasteiger partial charge in [-0.25, -0.2) is 0 Å². The average Bonchev–Trinajstić information content (AvgIpc) is 2.38. The van der Waals surface area contributed by atoms with Crippen molar-refractivity contribution in [3.8, 4) is 0 Å². The fraction of sp³-hybridized carbons (Fsp3) is 0.286. The van der Waals surface area contributed by atoms with Gasteiger partial charge < -0.3 is 5.32 Å². The number of Topliss-reactive ketones (excluding diaryl/α,β-unsaturated/α-hetero) is 1. The fourth-order valence-electron chi connectivity index (χ4n) is 0.685.